The number of methoxy groups -OCH3 is 2. The molecule has 27 heavy (non-hydrogen) atoms. The predicted octanol–water partition coefficient (Wildman–Crippen LogP) is 2.56. The molecule has 0 aliphatic carbocycles. The smallest absolute Gasteiger partial charge is 0.231 e. The fourth-order valence-electron chi connectivity index (χ4n) is 3.69. The van der Waals surface area contributed by atoms with Crippen molar-refractivity contribution in [1.82, 2.24) is 4.90 Å². The molecule has 2 aromatic rings. The molecule has 1 N–H and O–H groups in total. The van der Waals surface area contributed by atoms with Crippen molar-refractivity contribution >= 4 is 0 Å². The zero-order chi connectivity index (χ0) is 18.8. The molecule has 2 aliphatic heterocycles. The van der Waals surface area contributed by atoms with Crippen LogP contribution in [0.4, 0.5) is 0 Å². The third-order valence-electron chi connectivity index (χ3n) is 4.96. The number of nitrogens with zero attached hydrogens (tertiary/aromatic N) is 1. The molecule has 0 spiro atoms. The number of para-hydroxylation sites is 1. The number of morpholine rings is 1. The molecule has 144 valence electrons. The summed E-state index contributed by atoms with van der Waals surface area (Å²) in [6, 6.07) is 8.99. The van der Waals surface area contributed by atoms with E-state index in [0.717, 1.165) is 24.2 Å². The van der Waals surface area contributed by atoms with Gasteiger partial charge in [-0.05, 0) is 12.1 Å². The van der Waals surface area contributed by atoms with Crippen LogP contribution < -0.4 is 18.9 Å². The Morgan fingerprint density at radius 1 is 1.00 bits per heavy atom. The van der Waals surface area contributed by atoms with Crippen LogP contribution in [0.1, 0.15) is 17.2 Å². The summed E-state index contributed by atoms with van der Waals surface area (Å²) >= 11 is 0. The highest BCUT2D eigenvalue weighted by Crippen LogP contribution is 2.46. The quantitative estimate of drug-likeness (QED) is 0.864. The van der Waals surface area contributed by atoms with Crippen LogP contribution in [0.25, 0.3) is 0 Å². The molecule has 0 saturated carbocycles. The first-order valence-electron chi connectivity index (χ1n) is 8.88. The minimum absolute atomic E-state index is 0.153. The van der Waals surface area contributed by atoms with Gasteiger partial charge in [-0.1, -0.05) is 12.1 Å². The van der Waals surface area contributed by atoms with E-state index in [1.54, 1.807) is 20.3 Å². The summed E-state index contributed by atoms with van der Waals surface area (Å²) in [6.45, 7) is 2.89. The SMILES string of the molecule is COc1cccc([C@@H](c2cc3c(cc2O)OCO3)N2CCOCC2)c1OC. The molecule has 7 nitrogen and oxygen atoms in total. The Morgan fingerprint density at radius 2 is 1.74 bits per heavy atom. The fourth-order valence-corrected chi connectivity index (χ4v) is 3.69. The van der Waals surface area contributed by atoms with E-state index in [1.165, 1.54) is 0 Å². The maximum atomic E-state index is 10.8. The second-order valence-corrected chi connectivity index (χ2v) is 6.40. The van der Waals surface area contributed by atoms with Crippen LogP contribution in [0.15, 0.2) is 30.3 Å². The summed E-state index contributed by atoms with van der Waals surface area (Å²) in [7, 11) is 3.24. The van der Waals surface area contributed by atoms with Crippen molar-refractivity contribution in [3.8, 4) is 28.7 Å². The largest absolute Gasteiger partial charge is 0.507 e. The second-order valence-electron chi connectivity index (χ2n) is 6.40. The molecule has 2 aliphatic rings. The normalized spacial score (nSPS) is 17.6. The van der Waals surface area contributed by atoms with Crippen molar-refractivity contribution in [3.63, 3.8) is 0 Å². The van der Waals surface area contributed by atoms with Crippen molar-refractivity contribution in [3.05, 3.63) is 41.5 Å². The average molecular weight is 373 g/mol. The number of benzene rings is 2. The van der Waals surface area contributed by atoms with Crippen LogP contribution in [-0.4, -0.2) is 57.3 Å². The van der Waals surface area contributed by atoms with Crippen LogP contribution in [0.5, 0.6) is 28.7 Å². The standard InChI is InChI=1S/C20H23NO6/c1-23-16-5-3-4-13(20(16)24-2)19(21-6-8-25-9-7-21)14-10-17-18(11-15(14)22)27-12-26-17/h3-5,10-11,19,22H,6-9,12H2,1-2H3/t19-/m0/s1. The molecule has 2 heterocycles. The summed E-state index contributed by atoms with van der Waals surface area (Å²) in [5.74, 6) is 2.63. The maximum Gasteiger partial charge on any atom is 0.231 e. The number of rotatable bonds is 5. The maximum absolute atomic E-state index is 10.8. The van der Waals surface area contributed by atoms with Gasteiger partial charge in [0.2, 0.25) is 6.79 Å². The number of phenols is 1. The Morgan fingerprint density at radius 3 is 2.44 bits per heavy atom. The first-order valence-corrected chi connectivity index (χ1v) is 8.88. The van der Waals surface area contributed by atoms with Gasteiger partial charge in [0.15, 0.2) is 23.0 Å². The lowest BCUT2D eigenvalue weighted by Gasteiger charge is -2.36. The van der Waals surface area contributed by atoms with Gasteiger partial charge in [0, 0.05) is 30.3 Å². The molecule has 0 radical (unpaired) electrons. The summed E-state index contributed by atoms with van der Waals surface area (Å²) in [5, 5.41) is 10.8. The Balaban J connectivity index is 1.86. The number of fused-ring (bicyclic) bond motifs is 1. The molecule has 2 aromatic carbocycles. The van der Waals surface area contributed by atoms with Crippen molar-refractivity contribution in [2.75, 3.05) is 47.3 Å². The van der Waals surface area contributed by atoms with E-state index in [0.29, 0.717) is 36.2 Å². The number of ether oxygens (including phenoxy) is 5. The van der Waals surface area contributed by atoms with E-state index in [-0.39, 0.29) is 18.6 Å². The monoisotopic (exact) mass is 373 g/mol. The third-order valence-corrected chi connectivity index (χ3v) is 4.96. The zero-order valence-electron chi connectivity index (χ0n) is 15.4. The topological polar surface area (TPSA) is 69.6 Å². The van der Waals surface area contributed by atoms with Crippen LogP contribution in [-0.2, 0) is 4.74 Å². The molecule has 0 unspecified atom stereocenters. The van der Waals surface area contributed by atoms with E-state index < -0.39 is 0 Å². The van der Waals surface area contributed by atoms with Crippen LogP contribution in [0.3, 0.4) is 0 Å². The Labute approximate surface area is 158 Å². The van der Waals surface area contributed by atoms with Crippen LogP contribution >= 0.6 is 0 Å². The van der Waals surface area contributed by atoms with Crippen molar-refractivity contribution in [2.24, 2.45) is 0 Å². The van der Waals surface area contributed by atoms with Gasteiger partial charge in [0.1, 0.15) is 5.75 Å². The molecule has 0 amide bonds. The Bertz CT molecular complexity index is 818. The van der Waals surface area contributed by atoms with Gasteiger partial charge in [-0.2, -0.15) is 0 Å². The first-order chi connectivity index (χ1) is 13.2. The van der Waals surface area contributed by atoms with Gasteiger partial charge in [-0.3, -0.25) is 4.90 Å². The lowest BCUT2D eigenvalue weighted by Crippen LogP contribution is -2.39. The molecule has 1 saturated heterocycles. The first kappa shape index (κ1) is 17.8. The fraction of sp³-hybridized carbons (Fsp3) is 0.400. The molecule has 7 heteroatoms. The predicted molar refractivity (Wildman–Crippen MR) is 98.0 cm³/mol. The van der Waals surface area contributed by atoms with Crippen molar-refractivity contribution in [1.29, 1.82) is 0 Å². The summed E-state index contributed by atoms with van der Waals surface area (Å²) in [5.41, 5.74) is 1.64. The molecule has 1 fully saturated rings. The van der Waals surface area contributed by atoms with Gasteiger partial charge in [0.05, 0.1) is 33.5 Å². The van der Waals surface area contributed by atoms with Gasteiger partial charge in [-0.15, -0.1) is 0 Å². The molecular formula is C20H23NO6. The van der Waals surface area contributed by atoms with Crippen LogP contribution in [0, 0.1) is 0 Å². The zero-order valence-corrected chi connectivity index (χ0v) is 15.4. The van der Waals surface area contributed by atoms with E-state index in [4.69, 9.17) is 23.7 Å². The summed E-state index contributed by atoms with van der Waals surface area (Å²) in [6.07, 6.45) is 0. The molecule has 0 aromatic heterocycles. The van der Waals surface area contributed by atoms with Gasteiger partial charge in [0.25, 0.3) is 0 Å². The lowest BCUT2D eigenvalue weighted by molar-refractivity contribution is 0.0231. The van der Waals surface area contributed by atoms with E-state index in [9.17, 15) is 5.11 Å². The van der Waals surface area contributed by atoms with E-state index in [1.807, 2.05) is 24.3 Å². The lowest BCUT2D eigenvalue weighted by atomic mass is 9.94. The number of hydrogen-bond donors (Lipinski definition) is 1. The van der Waals surface area contributed by atoms with Crippen molar-refractivity contribution < 1.29 is 28.8 Å². The van der Waals surface area contributed by atoms with Crippen molar-refractivity contribution in [2.45, 2.75) is 6.04 Å². The minimum Gasteiger partial charge on any atom is -0.507 e. The molecule has 0 bridgehead atoms. The minimum atomic E-state index is -0.242. The highest BCUT2D eigenvalue weighted by Gasteiger charge is 2.32. The second kappa shape index (κ2) is 7.54. The number of aromatic hydroxyl groups is 1. The molecular weight excluding hydrogens is 350 g/mol. The Kier molecular flexibility index (Phi) is 4.96. The third kappa shape index (κ3) is 3.24. The summed E-state index contributed by atoms with van der Waals surface area (Å²) < 4.78 is 27.6. The molecule has 1 atom stereocenters. The molecule has 4 rings (SSSR count). The van der Waals surface area contributed by atoms with Gasteiger partial charge < -0.3 is 28.8 Å². The number of phenolic OH excluding ortho intramolecular Hbond substituents is 1. The van der Waals surface area contributed by atoms with Gasteiger partial charge in [-0.25, -0.2) is 0 Å². The van der Waals surface area contributed by atoms with Gasteiger partial charge >= 0.3 is 0 Å². The van der Waals surface area contributed by atoms with E-state index in [2.05, 4.69) is 4.90 Å². The average Bonchev–Trinajstić information content (AvgIpc) is 3.16. The highest BCUT2D eigenvalue weighted by atomic mass is 16.7. The van der Waals surface area contributed by atoms with Crippen LogP contribution in [0.2, 0.25) is 0 Å². The Hall–Kier alpha value is -2.64. The highest BCUT2D eigenvalue weighted by molar-refractivity contribution is 5.57. The summed E-state index contributed by atoms with van der Waals surface area (Å²) in [4.78, 5) is 2.26. The number of hydrogen-bond acceptors (Lipinski definition) is 7. The van der Waals surface area contributed by atoms with E-state index >= 15 is 0 Å².